The van der Waals surface area contributed by atoms with Crippen molar-refractivity contribution in [2.24, 2.45) is 0 Å². The van der Waals surface area contributed by atoms with E-state index in [0.717, 1.165) is 5.56 Å². The fraction of sp³-hybridized carbons (Fsp3) is 0.294. The van der Waals surface area contributed by atoms with Crippen molar-refractivity contribution in [2.75, 3.05) is 7.05 Å². The smallest absolute Gasteiger partial charge is 0.124 e. The molecule has 0 aliphatic carbocycles. The average molecular weight is 292 g/mol. The summed E-state index contributed by atoms with van der Waals surface area (Å²) in [6.07, 6.45) is 0. The molecule has 1 atom stereocenters. The molecule has 2 rings (SSSR count). The van der Waals surface area contributed by atoms with E-state index in [1.165, 1.54) is 34.4 Å². The van der Waals surface area contributed by atoms with Gasteiger partial charge in [0.1, 0.15) is 5.82 Å². The van der Waals surface area contributed by atoms with Crippen LogP contribution in [0.5, 0.6) is 0 Å². The Kier molecular flexibility index (Phi) is 4.46. The summed E-state index contributed by atoms with van der Waals surface area (Å²) in [4.78, 5) is 0. The lowest BCUT2D eigenvalue weighted by Gasteiger charge is -2.23. The molecule has 20 heavy (non-hydrogen) atoms. The molecule has 0 saturated carbocycles. The number of aryl methyl sites for hydroxylation is 3. The normalized spacial score (nSPS) is 12.5. The maximum absolute atomic E-state index is 13.2. The summed E-state index contributed by atoms with van der Waals surface area (Å²) in [6, 6.07) is 8.83. The highest BCUT2D eigenvalue weighted by atomic mass is 35.5. The van der Waals surface area contributed by atoms with Gasteiger partial charge in [-0.25, -0.2) is 4.39 Å². The minimum atomic E-state index is -0.314. The van der Waals surface area contributed by atoms with Crippen LogP contribution < -0.4 is 5.32 Å². The Morgan fingerprint density at radius 2 is 1.65 bits per heavy atom. The van der Waals surface area contributed by atoms with Crippen LogP contribution in [-0.4, -0.2) is 7.05 Å². The van der Waals surface area contributed by atoms with Gasteiger partial charge < -0.3 is 5.32 Å². The lowest BCUT2D eigenvalue weighted by atomic mass is 9.90. The van der Waals surface area contributed by atoms with Crippen LogP contribution in [0.2, 0.25) is 5.02 Å². The first-order chi connectivity index (χ1) is 9.43. The average Bonchev–Trinajstić information content (AvgIpc) is 2.34. The van der Waals surface area contributed by atoms with Gasteiger partial charge >= 0.3 is 0 Å². The van der Waals surface area contributed by atoms with Crippen molar-refractivity contribution in [2.45, 2.75) is 26.8 Å². The summed E-state index contributed by atoms with van der Waals surface area (Å²) in [5.74, 6) is -0.314. The zero-order valence-corrected chi connectivity index (χ0v) is 13.0. The first-order valence-electron chi connectivity index (χ1n) is 6.64. The quantitative estimate of drug-likeness (QED) is 0.863. The maximum Gasteiger partial charge on any atom is 0.124 e. The number of hydrogen-bond donors (Lipinski definition) is 1. The van der Waals surface area contributed by atoms with Crippen LogP contribution in [0.25, 0.3) is 0 Å². The molecule has 2 aromatic carbocycles. The van der Waals surface area contributed by atoms with E-state index in [-0.39, 0.29) is 11.9 Å². The molecule has 0 saturated heterocycles. The standard InChI is InChI=1S/C17H19ClFN/c1-10-7-11(2)16(12(3)8-10)17(20-4)14-6-5-13(19)9-15(14)18/h5-9,17,20H,1-4H3. The zero-order valence-electron chi connectivity index (χ0n) is 12.2. The van der Waals surface area contributed by atoms with Gasteiger partial charge in [-0.05, 0) is 62.2 Å². The minimum Gasteiger partial charge on any atom is -0.309 e. The first-order valence-corrected chi connectivity index (χ1v) is 7.01. The lowest BCUT2D eigenvalue weighted by molar-refractivity contribution is 0.623. The molecular formula is C17H19ClFN. The SMILES string of the molecule is CNC(c1ccc(F)cc1Cl)c1c(C)cc(C)cc1C. The molecule has 1 N–H and O–H groups in total. The Balaban J connectivity index is 2.58. The molecule has 1 nitrogen and oxygen atoms in total. The second-order valence-electron chi connectivity index (χ2n) is 5.20. The molecule has 0 aliphatic heterocycles. The summed E-state index contributed by atoms with van der Waals surface area (Å²) >= 11 is 6.21. The molecule has 0 bridgehead atoms. The van der Waals surface area contributed by atoms with Crippen LogP contribution in [-0.2, 0) is 0 Å². The number of benzene rings is 2. The highest BCUT2D eigenvalue weighted by Crippen LogP contribution is 2.32. The van der Waals surface area contributed by atoms with Crippen molar-refractivity contribution in [3.8, 4) is 0 Å². The molecule has 0 aliphatic rings. The van der Waals surface area contributed by atoms with Crippen molar-refractivity contribution in [1.82, 2.24) is 5.32 Å². The minimum absolute atomic E-state index is 0.0382. The zero-order chi connectivity index (χ0) is 14.9. The summed E-state index contributed by atoms with van der Waals surface area (Å²) in [5, 5.41) is 3.74. The fourth-order valence-electron chi connectivity index (χ4n) is 2.84. The Morgan fingerprint density at radius 3 is 2.15 bits per heavy atom. The van der Waals surface area contributed by atoms with Crippen molar-refractivity contribution in [3.63, 3.8) is 0 Å². The van der Waals surface area contributed by atoms with E-state index in [0.29, 0.717) is 5.02 Å². The van der Waals surface area contributed by atoms with Crippen molar-refractivity contribution < 1.29 is 4.39 Å². The molecule has 3 heteroatoms. The summed E-state index contributed by atoms with van der Waals surface area (Å²) in [7, 11) is 1.89. The maximum atomic E-state index is 13.2. The number of nitrogens with one attached hydrogen (secondary N) is 1. The van der Waals surface area contributed by atoms with Gasteiger partial charge in [-0.1, -0.05) is 35.4 Å². The van der Waals surface area contributed by atoms with Gasteiger partial charge in [-0.15, -0.1) is 0 Å². The molecule has 0 aromatic heterocycles. The highest BCUT2D eigenvalue weighted by molar-refractivity contribution is 6.31. The third kappa shape index (κ3) is 2.87. The Labute approximate surface area is 124 Å². The van der Waals surface area contributed by atoms with Crippen molar-refractivity contribution in [1.29, 1.82) is 0 Å². The predicted molar refractivity (Wildman–Crippen MR) is 83.0 cm³/mol. The van der Waals surface area contributed by atoms with Gasteiger partial charge in [0.2, 0.25) is 0 Å². The van der Waals surface area contributed by atoms with Gasteiger partial charge in [0.05, 0.1) is 6.04 Å². The molecule has 0 fully saturated rings. The second-order valence-corrected chi connectivity index (χ2v) is 5.61. The fourth-order valence-corrected chi connectivity index (χ4v) is 3.11. The summed E-state index contributed by atoms with van der Waals surface area (Å²) in [6.45, 7) is 6.28. The molecule has 0 spiro atoms. The molecule has 1 unspecified atom stereocenters. The number of rotatable bonds is 3. The summed E-state index contributed by atoms with van der Waals surface area (Å²) < 4.78 is 13.2. The highest BCUT2D eigenvalue weighted by Gasteiger charge is 2.19. The monoisotopic (exact) mass is 291 g/mol. The van der Waals surface area contributed by atoms with E-state index in [9.17, 15) is 4.39 Å². The predicted octanol–water partition coefficient (Wildman–Crippen LogP) is 4.71. The molecule has 0 radical (unpaired) electrons. The molecule has 106 valence electrons. The van der Waals surface area contributed by atoms with E-state index in [1.807, 2.05) is 7.05 Å². The lowest BCUT2D eigenvalue weighted by Crippen LogP contribution is -2.20. The largest absolute Gasteiger partial charge is 0.309 e. The van der Waals surface area contributed by atoms with Gasteiger partial charge in [0.25, 0.3) is 0 Å². The van der Waals surface area contributed by atoms with Crippen LogP contribution in [0.3, 0.4) is 0 Å². The van der Waals surface area contributed by atoms with E-state index in [1.54, 1.807) is 6.07 Å². The van der Waals surface area contributed by atoms with Gasteiger partial charge in [0.15, 0.2) is 0 Å². The van der Waals surface area contributed by atoms with E-state index >= 15 is 0 Å². The molecule has 0 heterocycles. The summed E-state index contributed by atoms with van der Waals surface area (Å²) in [5.41, 5.74) is 5.76. The Bertz CT molecular complexity index is 614. The third-order valence-electron chi connectivity index (χ3n) is 3.59. The topological polar surface area (TPSA) is 12.0 Å². The van der Waals surface area contributed by atoms with Crippen molar-refractivity contribution in [3.05, 3.63) is 69.0 Å². The number of halogens is 2. The van der Waals surface area contributed by atoms with E-state index in [2.05, 4.69) is 38.2 Å². The second kappa shape index (κ2) is 5.94. The van der Waals surface area contributed by atoms with Crippen LogP contribution in [0.15, 0.2) is 30.3 Å². The van der Waals surface area contributed by atoms with Crippen molar-refractivity contribution >= 4 is 11.6 Å². The van der Waals surface area contributed by atoms with E-state index < -0.39 is 0 Å². The van der Waals surface area contributed by atoms with Crippen LogP contribution >= 0.6 is 11.6 Å². The van der Waals surface area contributed by atoms with Gasteiger partial charge in [0, 0.05) is 5.02 Å². The van der Waals surface area contributed by atoms with E-state index in [4.69, 9.17) is 11.6 Å². The van der Waals surface area contributed by atoms with Crippen LogP contribution in [0.4, 0.5) is 4.39 Å². The molecule has 0 amide bonds. The van der Waals surface area contributed by atoms with Crippen LogP contribution in [0.1, 0.15) is 33.9 Å². The third-order valence-corrected chi connectivity index (χ3v) is 3.92. The Hall–Kier alpha value is -1.38. The molecule has 2 aromatic rings. The van der Waals surface area contributed by atoms with Crippen LogP contribution in [0, 0.1) is 26.6 Å². The Morgan fingerprint density at radius 1 is 1.05 bits per heavy atom. The van der Waals surface area contributed by atoms with Gasteiger partial charge in [-0.2, -0.15) is 0 Å². The first kappa shape index (κ1) is 15.0. The number of hydrogen-bond acceptors (Lipinski definition) is 1. The molecular weight excluding hydrogens is 273 g/mol. The van der Waals surface area contributed by atoms with Gasteiger partial charge in [-0.3, -0.25) is 0 Å².